The predicted molar refractivity (Wildman–Crippen MR) is 68.1 cm³/mol. The van der Waals surface area contributed by atoms with Crippen molar-refractivity contribution in [2.24, 2.45) is 5.92 Å². The number of rotatable bonds is 3. The zero-order chi connectivity index (χ0) is 12.4. The third-order valence-electron chi connectivity index (χ3n) is 3.61. The van der Waals surface area contributed by atoms with Crippen molar-refractivity contribution in [1.82, 2.24) is 19.3 Å². The summed E-state index contributed by atoms with van der Waals surface area (Å²) < 4.78 is 2.03. The van der Waals surface area contributed by atoms with Crippen LogP contribution in [0.15, 0.2) is 24.7 Å². The fourth-order valence-corrected chi connectivity index (χ4v) is 2.67. The molecule has 3 heterocycles. The average Bonchev–Trinajstić information content (AvgIpc) is 2.83. The van der Waals surface area contributed by atoms with Crippen LogP contribution < -0.4 is 0 Å². The summed E-state index contributed by atoms with van der Waals surface area (Å²) in [6.45, 7) is 3.25. The van der Waals surface area contributed by atoms with Crippen molar-refractivity contribution in [1.29, 1.82) is 0 Å². The standard InChI is InChI=1S/C13H18N4O/c18-10-11-3-1-5-16(8-11)9-12-7-15-13-14-4-2-6-17(12)13/h2,4,6-7,11,18H,1,3,5,8-10H2. The van der Waals surface area contributed by atoms with E-state index >= 15 is 0 Å². The lowest BCUT2D eigenvalue weighted by molar-refractivity contribution is 0.115. The van der Waals surface area contributed by atoms with Crippen LogP contribution in [0.3, 0.4) is 0 Å². The molecule has 1 fully saturated rings. The molecule has 5 heteroatoms. The van der Waals surface area contributed by atoms with E-state index in [4.69, 9.17) is 0 Å². The van der Waals surface area contributed by atoms with Gasteiger partial charge in [-0.25, -0.2) is 9.97 Å². The van der Waals surface area contributed by atoms with E-state index in [2.05, 4.69) is 14.9 Å². The lowest BCUT2D eigenvalue weighted by Gasteiger charge is -2.31. The van der Waals surface area contributed by atoms with Crippen LogP contribution in [0.2, 0.25) is 0 Å². The zero-order valence-corrected chi connectivity index (χ0v) is 10.4. The van der Waals surface area contributed by atoms with Crippen molar-refractivity contribution in [3.8, 4) is 0 Å². The van der Waals surface area contributed by atoms with Gasteiger partial charge in [-0.2, -0.15) is 0 Å². The van der Waals surface area contributed by atoms with Gasteiger partial charge >= 0.3 is 0 Å². The third-order valence-corrected chi connectivity index (χ3v) is 3.61. The van der Waals surface area contributed by atoms with Crippen molar-refractivity contribution in [3.05, 3.63) is 30.4 Å². The summed E-state index contributed by atoms with van der Waals surface area (Å²) in [6.07, 6.45) is 7.96. The Balaban J connectivity index is 1.76. The predicted octanol–water partition coefficient (Wildman–Crippen LogP) is 0.934. The quantitative estimate of drug-likeness (QED) is 0.875. The molecule has 0 spiro atoms. The maximum atomic E-state index is 9.25. The molecule has 0 bridgehead atoms. The number of fused-ring (bicyclic) bond motifs is 1. The van der Waals surface area contributed by atoms with Gasteiger partial charge in [0, 0.05) is 32.1 Å². The van der Waals surface area contributed by atoms with Crippen LogP contribution in [-0.4, -0.2) is 44.1 Å². The lowest BCUT2D eigenvalue weighted by atomic mass is 9.99. The normalized spacial score (nSPS) is 21.5. The number of piperidine rings is 1. The van der Waals surface area contributed by atoms with Crippen LogP contribution in [0.5, 0.6) is 0 Å². The first kappa shape index (κ1) is 11.6. The SMILES string of the molecule is OCC1CCCN(Cc2cnc3ncccn23)C1. The van der Waals surface area contributed by atoms with Gasteiger partial charge in [-0.15, -0.1) is 0 Å². The molecule has 0 radical (unpaired) electrons. The van der Waals surface area contributed by atoms with E-state index in [1.807, 2.05) is 22.9 Å². The molecule has 0 aromatic carbocycles. The van der Waals surface area contributed by atoms with E-state index in [0.717, 1.165) is 37.5 Å². The smallest absolute Gasteiger partial charge is 0.233 e. The minimum Gasteiger partial charge on any atom is -0.396 e. The molecule has 1 aliphatic heterocycles. The van der Waals surface area contributed by atoms with Crippen molar-refractivity contribution in [2.75, 3.05) is 19.7 Å². The number of hydrogen-bond acceptors (Lipinski definition) is 4. The molecule has 1 saturated heterocycles. The van der Waals surface area contributed by atoms with Crippen LogP contribution in [0, 0.1) is 5.92 Å². The van der Waals surface area contributed by atoms with Crippen LogP contribution in [0.4, 0.5) is 0 Å². The number of aromatic nitrogens is 3. The van der Waals surface area contributed by atoms with Crippen molar-refractivity contribution in [3.63, 3.8) is 0 Å². The van der Waals surface area contributed by atoms with Gasteiger partial charge in [0.2, 0.25) is 5.78 Å². The molecule has 1 aliphatic rings. The van der Waals surface area contributed by atoms with E-state index in [-0.39, 0.29) is 0 Å². The van der Waals surface area contributed by atoms with Gasteiger partial charge in [0.15, 0.2) is 0 Å². The van der Waals surface area contributed by atoms with E-state index in [9.17, 15) is 5.11 Å². The molecule has 1 N–H and O–H groups in total. The van der Waals surface area contributed by atoms with E-state index < -0.39 is 0 Å². The molecule has 0 saturated carbocycles. The third kappa shape index (κ3) is 2.23. The van der Waals surface area contributed by atoms with Crippen LogP contribution >= 0.6 is 0 Å². The van der Waals surface area contributed by atoms with E-state index in [0.29, 0.717) is 12.5 Å². The number of aliphatic hydroxyl groups excluding tert-OH is 1. The molecule has 96 valence electrons. The molecule has 1 atom stereocenters. The first-order valence-corrected chi connectivity index (χ1v) is 6.47. The summed E-state index contributed by atoms with van der Waals surface area (Å²) in [7, 11) is 0. The van der Waals surface area contributed by atoms with Gasteiger partial charge in [-0.3, -0.25) is 9.30 Å². The van der Waals surface area contributed by atoms with Crippen molar-refractivity contribution < 1.29 is 5.11 Å². The summed E-state index contributed by atoms with van der Waals surface area (Å²) in [5.74, 6) is 1.18. The fraction of sp³-hybridized carbons (Fsp3) is 0.538. The van der Waals surface area contributed by atoms with Gasteiger partial charge in [0.05, 0.1) is 11.9 Å². The number of hydrogen-bond donors (Lipinski definition) is 1. The van der Waals surface area contributed by atoms with Gasteiger partial charge in [0.1, 0.15) is 0 Å². The Morgan fingerprint density at radius 1 is 1.39 bits per heavy atom. The summed E-state index contributed by atoms with van der Waals surface area (Å²) >= 11 is 0. The second-order valence-corrected chi connectivity index (χ2v) is 4.97. The minimum absolute atomic E-state index is 0.297. The van der Waals surface area contributed by atoms with Crippen LogP contribution in [-0.2, 0) is 6.54 Å². The Kier molecular flexibility index (Phi) is 3.25. The minimum atomic E-state index is 0.297. The van der Waals surface area contributed by atoms with Crippen molar-refractivity contribution >= 4 is 5.78 Å². The first-order valence-electron chi connectivity index (χ1n) is 6.47. The summed E-state index contributed by atoms with van der Waals surface area (Å²) in [4.78, 5) is 10.9. The van der Waals surface area contributed by atoms with E-state index in [1.165, 1.54) is 6.42 Å². The van der Waals surface area contributed by atoms with E-state index in [1.54, 1.807) is 6.20 Å². The Morgan fingerprint density at radius 2 is 2.33 bits per heavy atom. The molecular formula is C13H18N4O. The summed E-state index contributed by atoms with van der Waals surface area (Å²) in [5.41, 5.74) is 1.16. The monoisotopic (exact) mass is 246 g/mol. The molecule has 2 aromatic rings. The molecule has 3 rings (SSSR count). The average molecular weight is 246 g/mol. The molecule has 1 unspecified atom stereocenters. The number of imidazole rings is 1. The number of likely N-dealkylation sites (tertiary alicyclic amines) is 1. The summed E-state index contributed by atoms with van der Waals surface area (Å²) in [5, 5.41) is 9.25. The Hall–Kier alpha value is -1.46. The lowest BCUT2D eigenvalue weighted by Crippen LogP contribution is -2.36. The highest BCUT2D eigenvalue weighted by molar-refractivity contribution is 5.30. The second-order valence-electron chi connectivity index (χ2n) is 4.97. The van der Waals surface area contributed by atoms with Gasteiger partial charge in [-0.05, 0) is 31.4 Å². The Labute approximate surface area is 106 Å². The van der Waals surface area contributed by atoms with Gasteiger partial charge < -0.3 is 5.11 Å². The van der Waals surface area contributed by atoms with Crippen molar-refractivity contribution in [2.45, 2.75) is 19.4 Å². The molecule has 5 nitrogen and oxygen atoms in total. The van der Waals surface area contributed by atoms with Gasteiger partial charge in [-0.1, -0.05) is 0 Å². The Bertz CT molecular complexity index is 524. The highest BCUT2D eigenvalue weighted by atomic mass is 16.3. The fourth-order valence-electron chi connectivity index (χ4n) is 2.67. The largest absolute Gasteiger partial charge is 0.396 e. The highest BCUT2D eigenvalue weighted by Crippen LogP contribution is 2.18. The molecular weight excluding hydrogens is 228 g/mol. The topological polar surface area (TPSA) is 53.7 Å². The number of nitrogens with zero attached hydrogens (tertiary/aromatic N) is 4. The summed E-state index contributed by atoms with van der Waals surface area (Å²) in [6, 6.07) is 1.92. The second kappa shape index (κ2) is 5.04. The Morgan fingerprint density at radius 3 is 3.22 bits per heavy atom. The molecule has 2 aromatic heterocycles. The molecule has 18 heavy (non-hydrogen) atoms. The van der Waals surface area contributed by atoms with Crippen LogP contribution in [0.1, 0.15) is 18.5 Å². The molecule has 0 amide bonds. The van der Waals surface area contributed by atoms with Crippen LogP contribution in [0.25, 0.3) is 5.78 Å². The highest BCUT2D eigenvalue weighted by Gasteiger charge is 2.20. The number of aliphatic hydroxyl groups is 1. The zero-order valence-electron chi connectivity index (χ0n) is 10.4. The van der Waals surface area contributed by atoms with Gasteiger partial charge in [0.25, 0.3) is 0 Å². The maximum absolute atomic E-state index is 9.25. The first-order chi connectivity index (χ1) is 8.86. The maximum Gasteiger partial charge on any atom is 0.233 e. The molecule has 0 aliphatic carbocycles.